The van der Waals surface area contributed by atoms with Crippen LogP contribution in [0.3, 0.4) is 0 Å². The van der Waals surface area contributed by atoms with Gasteiger partial charge in [-0.3, -0.25) is 14.4 Å². The molecule has 0 spiro atoms. The monoisotopic (exact) mass is 595 g/mol. The maximum atomic E-state index is 14.6. The SMILES string of the molecule is CS(=O)(=O)/C(F)=C\[C@H](C[C@H]1CCNC1=O)NC(=O)[C@@H]1[C@@H]2CCC[C@@H]2CN1C(=O)C1(O)c2ccccc2-c2ccccc21. The van der Waals surface area contributed by atoms with Crippen molar-refractivity contribution in [1.29, 1.82) is 0 Å². The van der Waals surface area contributed by atoms with Crippen LogP contribution in [-0.2, 0) is 29.8 Å². The smallest absolute Gasteiger partial charge is 0.264 e. The molecule has 0 radical (unpaired) electrons. The summed E-state index contributed by atoms with van der Waals surface area (Å²) >= 11 is 0. The number of nitrogens with one attached hydrogen (secondary N) is 2. The summed E-state index contributed by atoms with van der Waals surface area (Å²) in [5.74, 6) is -2.02. The largest absolute Gasteiger partial charge is 0.372 e. The van der Waals surface area contributed by atoms with Crippen LogP contribution in [0.5, 0.6) is 0 Å². The Labute approximate surface area is 244 Å². The second-order valence-corrected chi connectivity index (χ2v) is 13.9. The lowest BCUT2D eigenvalue weighted by Gasteiger charge is -2.34. The molecule has 2 aliphatic heterocycles. The van der Waals surface area contributed by atoms with Gasteiger partial charge in [-0.15, -0.1) is 0 Å². The fourth-order valence-corrected chi connectivity index (χ4v) is 7.81. The van der Waals surface area contributed by atoms with Crippen molar-refractivity contribution >= 4 is 27.6 Å². The third-order valence-electron chi connectivity index (χ3n) is 9.37. The molecule has 222 valence electrons. The predicted molar refractivity (Wildman–Crippen MR) is 153 cm³/mol. The zero-order valence-electron chi connectivity index (χ0n) is 23.3. The van der Waals surface area contributed by atoms with Crippen LogP contribution in [0.4, 0.5) is 4.39 Å². The summed E-state index contributed by atoms with van der Waals surface area (Å²) in [5, 5.41) is 16.3. The van der Waals surface area contributed by atoms with Gasteiger partial charge in [-0.2, -0.15) is 4.39 Å². The molecular weight excluding hydrogens is 561 g/mol. The van der Waals surface area contributed by atoms with Gasteiger partial charge in [-0.05, 0) is 54.7 Å². The second-order valence-electron chi connectivity index (χ2n) is 11.9. The van der Waals surface area contributed by atoms with Crippen molar-refractivity contribution in [2.75, 3.05) is 19.3 Å². The number of rotatable bonds is 7. The molecule has 2 aliphatic carbocycles. The van der Waals surface area contributed by atoms with Gasteiger partial charge in [-0.1, -0.05) is 55.0 Å². The van der Waals surface area contributed by atoms with E-state index in [0.717, 1.165) is 36.3 Å². The third kappa shape index (κ3) is 4.72. The Kier molecular flexibility index (Phi) is 7.21. The summed E-state index contributed by atoms with van der Waals surface area (Å²) in [4.78, 5) is 42.2. The van der Waals surface area contributed by atoms with E-state index in [1.165, 1.54) is 4.90 Å². The molecule has 1 saturated carbocycles. The molecule has 2 aromatic carbocycles. The number of aliphatic hydroxyl groups is 1. The van der Waals surface area contributed by atoms with Gasteiger partial charge in [0.05, 0.1) is 6.04 Å². The lowest BCUT2D eigenvalue weighted by molar-refractivity contribution is -0.152. The number of hydrogen-bond acceptors (Lipinski definition) is 6. The van der Waals surface area contributed by atoms with E-state index >= 15 is 0 Å². The van der Waals surface area contributed by atoms with Crippen molar-refractivity contribution in [2.24, 2.45) is 17.8 Å². The van der Waals surface area contributed by atoms with Crippen LogP contribution in [-0.4, -0.2) is 67.6 Å². The highest BCUT2D eigenvalue weighted by atomic mass is 32.2. The maximum absolute atomic E-state index is 14.6. The maximum Gasteiger partial charge on any atom is 0.264 e. The van der Waals surface area contributed by atoms with Crippen molar-refractivity contribution in [3.63, 3.8) is 0 Å². The highest BCUT2D eigenvalue weighted by Crippen LogP contribution is 2.50. The fourth-order valence-electron chi connectivity index (χ4n) is 7.40. The molecule has 0 unspecified atom stereocenters. The van der Waals surface area contributed by atoms with E-state index in [0.29, 0.717) is 30.5 Å². The molecule has 3 fully saturated rings. The standard InChI is InChI=1S/C31H34FN3O6S/c1-42(40,41)26(32)16-20(15-18-13-14-33-28(18)36)34-29(37)27-21-10-6-7-19(21)17-35(27)30(38)31(39)24-11-4-2-8-22(24)23-9-3-5-12-25(23)31/h2-5,8-9,11-12,16,18-21,27,39H,6-7,10,13-15,17H2,1H3,(H,33,36)(H,34,37)/b26-16-/t18-,19-,20+,21-,27+/m1/s1. The average molecular weight is 596 g/mol. The van der Waals surface area contributed by atoms with Crippen LogP contribution in [0.25, 0.3) is 11.1 Å². The van der Waals surface area contributed by atoms with Crippen LogP contribution in [0.2, 0.25) is 0 Å². The number of nitrogens with zero attached hydrogens (tertiary/aromatic N) is 1. The van der Waals surface area contributed by atoms with Gasteiger partial charge in [0.2, 0.25) is 26.8 Å². The molecule has 2 heterocycles. The summed E-state index contributed by atoms with van der Waals surface area (Å²) in [7, 11) is -4.17. The molecule has 5 atom stereocenters. The Morgan fingerprint density at radius 1 is 1.12 bits per heavy atom. The molecule has 2 aromatic rings. The Morgan fingerprint density at radius 2 is 1.76 bits per heavy atom. The van der Waals surface area contributed by atoms with Crippen LogP contribution in [0.15, 0.2) is 59.8 Å². The first-order valence-corrected chi connectivity index (χ1v) is 16.3. The van der Waals surface area contributed by atoms with Gasteiger partial charge in [0.15, 0.2) is 5.60 Å². The molecule has 42 heavy (non-hydrogen) atoms. The summed E-state index contributed by atoms with van der Waals surface area (Å²) < 4.78 is 38.4. The van der Waals surface area contributed by atoms with Gasteiger partial charge in [0, 0.05) is 36.4 Å². The van der Waals surface area contributed by atoms with E-state index in [2.05, 4.69) is 10.6 Å². The lowest BCUT2D eigenvalue weighted by Crippen LogP contribution is -2.55. The van der Waals surface area contributed by atoms with Gasteiger partial charge < -0.3 is 20.6 Å². The molecule has 3 N–H and O–H groups in total. The van der Waals surface area contributed by atoms with Crippen molar-refractivity contribution in [2.45, 2.75) is 49.8 Å². The highest BCUT2D eigenvalue weighted by Gasteiger charge is 2.56. The Bertz CT molecular complexity index is 1540. The molecule has 6 rings (SSSR count). The third-order valence-corrected chi connectivity index (χ3v) is 10.2. The van der Waals surface area contributed by atoms with E-state index in [1.54, 1.807) is 24.3 Å². The normalized spacial score (nSPS) is 26.8. The van der Waals surface area contributed by atoms with Gasteiger partial charge in [-0.25, -0.2) is 8.42 Å². The minimum Gasteiger partial charge on any atom is -0.372 e. The Morgan fingerprint density at radius 3 is 2.36 bits per heavy atom. The summed E-state index contributed by atoms with van der Waals surface area (Å²) in [6, 6.07) is 12.3. The molecular formula is C31H34FN3O6S. The van der Waals surface area contributed by atoms with Crippen molar-refractivity contribution < 1.29 is 32.3 Å². The molecule has 3 amide bonds. The van der Waals surface area contributed by atoms with Crippen molar-refractivity contribution in [3.8, 4) is 11.1 Å². The fraction of sp³-hybridized carbons (Fsp3) is 0.452. The predicted octanol–water partition coefficient (Wildman–Crippen LogP) is 2.40. The van der Waals surface area contributed by atoms with Crippen LogP contribution < -0.4 is 10.6 Å². The van der Waals surface area contributed by atoms with Crippen LogP contribution in [0, 0.1) is 17.8 Å². The molecule has 0 aromatic heterocycles. The minimum absolute atomic E-state index is 0.0139. The zero-order chi connectivity index (χ0) is 29.8. The molecule has 4 aliphatic rings. The van der Waals surface area contributed by atoms with E-state index in [-0.39, 0.29) is 30.7 Å². The number of benzene rings is 2. The summed E-state index contributed by atoms with van der Waals surface area (Å²) in [5.41, 5.74) is 0.418. The van der Waals surface area contributed by atoms with Crippen molar-refractivity contribution in [3.05, 3.63) is 70.9 Å². The van der Waals surface area contributed by atoms with Crippen molar-refractivity contribution in [1.82, 2.24) is 15.5 Å². The summed E-state index contributed by atoms with van der Waals surface area (Å²) in [6.07, 6.45) is 4.50. The van der Waals surface area contributed by atoms with Gasteiger partial charge >= 0.3 is 0 Å². The highest BCUT2D eigenvalue weighted by molar-refractivity contribution is 7.94. The average Bonchev–Trinajstić information content (AvgIpc) is 3.72. The first-order chi connectivity index (χ1) is 20.0. The van der Waals surface area contributed by atoms with E-state index in [4.69, 9.17) is 0 Å². The second kappa shape index (κ2) is 10.6. The number of fused-ring (bicyclic) bond motifs is 4. The van der Waals surface area contributed by atoms with Gasteiger partial charge in [0.1, 0.15) is 6.04 Å². The first kappa shape index (κ1) is 28.5. The van der Waals surface area contributed by atoms with E-state index in [1.807, 2.05) is 24.3 Å². The van der Waals surface area contributed by atoms with Crippen LogP contribution in [0.1, 0.15) is 43.2 Å². The number of halogens is 1. The summed E-state index contributed by atoms with van der Waals surface area (Å²) in [6.45, 7) is 0.732. The first-order valence-electron chi connectivity index (χ1n) is 14.4. The van der Waals surface area contributed by atoms with Crippen LogP contribution >= 0.6 is 0 Å². The number of carbonyl (C=O) groups excluding carboxylic acids is 3. The molecule has 9 nitrogen and oxygen atoms in total. The number of amides is 3. The topological polar surface area (TPSA) is 133 Å². The number of sulfone groups is 1. The lowest BCUT2D eigenvalue weighted by atomic mass is 9.88. The zero-order valence-corrected chi connectivity index (χ0v) is 24.1. The Balaban J connectivity index is 1.34. The number of carbonyl (C=O) groups is 3. The Hall–Kier alpha value is -3.57. The molecule has 2 saturated heterocycles. The molecule has 0 bridgehead atoms. The van der Waals surface area contributed by atoms with E-state index < -0.39 is 50.4 Å². The quantitative estimate of drug-likeness (QED) is 0.451. The minimum atomic E-state index is -4.17. The van der Waals surface area contributed by atoms with E-state index in [9.17, 15) is 32.3 Å². The number of hydrogen-bond donors (Lipinski definition) is 3. The van der Waals surface area contributed by atoms with Gasteiger partial charge in [0.25, 0.3) is 5.91 Å². The molecule has 11 heteroatoms. The number of likely N-dealkylation sites (tertiary alicyclic amines) is 1.